The molecule has 0 radical (unpaired) electrons. The summed E-state index contributed by atoms with van der Waals surface area (Å²) in [6.07, 6.45) is 2.62. The minimum atomic E-state index is 0.626. The molecule has 1 atom stereocenters. The molecule has 1 saturated heterocycles. The number of hydrogen-bond donors (Lipinski definition) is 1. The van der Waals surface area contributed by atoms with Crippen molar-refractivity contribution in [3.8, 4) is 11.5 Å². The first kappa shape index (κ1) is 17.6. The normalized spacial score (nSPS) is 18.6. The fourth-order valence-electron chi connectivity index (χ4n) is 3.09. The van der Waals surface area contributed by atoms with Crippen molar-refractivity contribution in [2.75, 3.05) is 33.4 Å². The van der Waals surface area contributed by atoms with Gasteiger partial charge < -0.3 is 14.8 Å². The highest BCUT2D eigenvalue weighted by molar-refractivity contribution is 9.10. The zero-order chi connectivity index (χ0) is 15.9. The van der Waals surface area contributed by atoms with Crippen LogP contribution in [0.2, 0.25) is 0 Å². The van der Waals surface area contributed by atoms with Crippen LogP contribution in [0.4, 0.5) is 0 Å². The maximum absolute atomic E-state index is 5.63. The van der Waals surface area contributed by atoms with E-state index in [1.807, 2.05) is 6.92 Å². The molecule has 0 amide bonds. The Hall–Kier alpha value is -0.780. The van der Waals surface area contributed by atoms with E-state index < -0.39 is 0 Å². The minimum absolute atomic E-state index is 0.626. The molecule has 0 saturated carbocycles. The number of hydrogen-bond acceptors (Lipinski definition) is 4. The molecule has 0 aliphatic carbocycles. The van der Waals surface area contributed by atoms with Gasteiger partial charge >= 0.3 is 0 Å². The van der Waals surface area contributed by atoms with Crippen LogP contribution in [0.3, 0.4) is 0 Å². The van der Waals surface area contributed by atoms with Gasteiger partial charge in [-0.25, -0.2) is 0 Å². The average Bonchev–Trinajstić information content (AvgIpc) is 2.97. The Kier molecular flexibility index (Phi) is 6.99. The number of methoxy groups -OCH3 is 1. The monoisotopic (exact) mass is 370 g/mol. The van der Waals surface area contributed by atoms with E-state index in [1.165, 1.54) is 24.9 Å². The molecule has 0 bridgehead atoms. The molecule has 1 N–H and O–H groups in total. The van der Waals surface area contributed by atoms with Crippen LogP contribution in [-0.4, -0.2) is 44.3 Å². The summed E-state index contributed by atoms with van der Waals surface area (Å²) >= 11 is 3.58. The van der Waals surface area contributed by atoms with E-state index in [0.29, 0.717) is 12.6 Å². The maximum atomic E-state index is 5.63. The Balaban J connectivity index is 1.94. The summed E-state index contributed by atoms with van der Waals surface area (Å²) in [7, 11) is 1.68. The summed E-state index contributed by atoms with van der Waals surface area (Å²) in [6, 6.07) is 4.83. The average molecular weight is 371 g/mol. The van der Waals surface area contributed by atoms with E-state index >= 15 is 0 Å². The Labute approximate surface area is 142 Å². The van der Waals surface area contributed by atoms with Crippen LogP contribution in [0.1, 0.15) is 32.3 Å². The second-order valence-corrected chi connectivity index (χ2v) is 6.45. The molecule has 4 nitrogen and oxygen atoms in total. The van der Waals surface area contributed by atoms with Gasteiger partial charge in [0.05, 0.1) is 18.2 Å². The van der Waals surface area contributed by atoms with Crippen LogP contribution in [0.15, 0.2) is 16.6 Å². The minimum Gasteiger partial charge on any atom is -0.493 e. The lowest BCUT2D eigenvalue weighted by Crippen LogP contribution is -2.37. The Morgan fingerprint density at radius 2 is 2.18 bits per heavy atom. The number of likely N-dealkylation sites (N-methyl/N-ethyl adjacent to an activating group) is 1. The lowest BCUT2D eigenvalue weighted by molar-refractivity contribution is 0.260. The second kappa shape index (κ2) is 8.75. The van der Waals surface area contributed by atoms with E-state index in [2.05, 4.69) is 45.2 Å². The highest BCUT2D eigenvalue weighted by Gasteiger charge is 2.22. The molecule has 22 heavy (non-hydrogen) atoms. The van der Waals surface area contributed by atoms with Crippen LogP contribution >= 0.6 is 15.9 Å². The van der Waals surface area contributed by atoms with Gasteiger partial charge in [-0.15, -0.1) is 0 Å². The van der Waals surface area contributed by atoms with Gasteiger partial charge in [0.15, 0.2) is 11.5 Å². The van der Waals surface area contributed by atoms with Gasteiger partial charge in [-0.3, -0.25) is 4.90 Å². The molecule has 0 unspecified atom stereocenters. The van der Waals surface area contributed by atoms with Crippen molar-refractivity contribution in [2.24, 2.45) is 0 Å². The molecule has 0 spiro atoms. The van der Waals surface area contributed by atoms with Gasteiger partial charge in [0.1, 0.15) is 0 Å². The van der Waals surface area contributed by atoms with Crippen LogP contribution in [-0.2, 0) is 6.54 Å². The second-order valence-electron chi connectivity index (χ2n) is 5.60. The quantitative estimate of drug-likeness (QED) is 0.759. The van der Waals surface area contributed by atoms with E-state index in [0.717, 1.165) is 35.6 Å². The van der Waals surface area contributed by atoms with Crippen molar-refractivity contribution in [3.63, 3.8) is 0 Å². The largest absolute Gasteiger partial charge is 0.493 e. The van der Waals surface area contributed by atoms with Gasteiger partial charge in [-0.2, -0.15) is 0 Å². The number of likely N-dealkylation sites (tertiary alicyclic amines) is 1. The van der Waals surface area contributed by atoms with Crippen LogP contribution in [0.5, 0.6) is 11.5 Å². The highest BCUT2D eigenvalue weighted by atomic mass is 79.9. The number of benzene rings is 1. The molecular weight excluding hydrogens is 344 g/mol. The van der Waals surface area contributed by atoms with Gasteiger partial charge in [0.25, 0.3) is 0 Å². The van der Waals surface area contributed by atoms with E-state index in [9.17, 15) is 0 Å². The Bertz CT molecular complexity index is 482. The Morgan fingerprint density at radius 3 is 2.86 bits per heavy atom. The summed E-state index contributed by atoms with van der Waals surface area (Å²) < 4.78 is 12.0. The van der Waals surface area contributed by atoms with Gasteiger partial charge in [0.2, 0.25) is 0 Å². The fourth-order valence-corrected chi connectivity index (χ4v) is 3.69. The molecule has 124 valence electrons. The van der Waals surface area contributed by atoms with Crippen molar-refractivity contribution in [2.45, 2.75) is 39.3 Å². The van der Waals surface area contributed by atoms with Gasteiger partial charge in [-0.1, -0.05) is 6.92 Å². The lowest BCUT2D eigenvalue weighted by Gasteiger charge is -2.23. The summed E-state index contributed by atoms with van der Waals surface area (Å²) in [5.74, 6) is 1.56. The number of rotatable bonds is 8. The predicted molar refractivity (Wildman–Crippen MR) is 93.8 cm³/mol. The van der Waals surface area contributed by atoms with Gasteiger partial charge in [0, 0.05) is 19.1 Å². The van der Waals surface area contributed by atoms with Crippen molar-refractivity contribution >= 4 is 15.9 Å². The number of nitrogens with one attached hydrogen (secondary N) is 1. The van der Waals surface area contributed by atoms with Crippen molar-refractivity contribution in [3.05, 3.63) is 22.2 Å². The molecule has 1 aliphatic heterocycles. The van der Waals surface area contributed by atoms with Crippen molar-refractivity contribution in [1.82, 2.24) is 10.2 Å². The first-order chi connectivity index (χ1) is 10.7. The van der Waals surface area contributed by atoms with Crippen LogP contribution in [0, 0.1) is 0 Å². The molecule has 5 heteroatoms. The standard InChI is InChI=1S/C17H27BrN2O2/c1-4-20-8-6-7-14(20)12-19-11-13-9-15(18)17(22-5-2)16(10-13)21-3/h9-10,14,19H,4-8,11-12H2,1-3H3/t14-/m0/s1. The first-order valence-corrected chi connectivity index (χ1v) is 8.92. The van der Waals surface area contributed by atoms with Gasteiger partial charge in [-0.05, 0) is 66.5 Å². The molecule has 1 heterocycles. The predicted octanol–water partition coefficient (Wildman–Crippen LogP) is 3.43. The van der Waals surface area contributed by atoms with E-state index in [1.54, 1.807) is 7.11 Å². The number of ether oxygens (including phenoxy) is 2. The smallest absolute Gasteiger partial charge is 0.175 e. The third kappa shape index (κ3) is 4.37. The number of nitrogens with zero attached hydrogens (tertiary/aromatic N) is 1. The lowest BCUT2D eigenvalue weighted by atomic mass is 10.1. The first-order valence-electron chi connectivity index (χ1n) is 8.13. The molecule has 0 aromatic heterocycles. The Morgan fingerprint density at radius 1 is 1.36 bits per heavy atom. The molecule has 1 aliphatic rings. The molecule has 2 rings (SSSR count). The fraction of sp³-hybridized carbons (Fsp3) is 0.647. The summed E-state index contributed by atoms with van der Waals surface area (Å²) in [5.41, 5.74) is 1.20. The molecular formula is C17H27BrN2O2. The summed E-state index contributed by atoms with van der Waals surface area (Å²) in [6.45, 7) is 9.12. The van der Waals surface area contributed by atoms with Crippen LogP contribution < -0.4 is 14.8 Å². The highest BCUT2D eigenvalue weighted by Crippen LogP contribution is 2.36. The van der Waals surface area contributed by atoms with Crippen molar-refractivity contribution < 1.29 is 9.47 Å². The molecule has 1 fully saturated rings. The number of halogens is 1. The topological polar surface area (TPSA) is 33.7 Å². The third-order valence-corrected chi connectivity index (χ3v) is 4.78. The maximum Gasteiger partial charge on any atom is 0.175 e. The van der Waals surface area contributed by atoms with Crippen molar-refractivity contribution in [1.29, 1.82) is 0 Å². The van der Waals surface area contributed by atoms with E-state index in [-0.39, 0.29) is 0 Å². The molecule has 1 aromatic rings. The third-order valence-electron chi connectivity index (χ3n) is 4.19. The SMILES string of the molecule is CCOc1c(Br)cc(CNC[C@@H]2CCCN2CC)cc1OC. The summed E-state index contributed by atoms with van der Waals surface area (Å²) in [5, 5.41) is 3.58. The zero-order valence-electron chi connectivity index (χ0n) is 13.8. The molecule has 1 aromatic carbocycles. The van der Waals surface area contributed by atoms with E-state index in [4.69, 9.17) is 9.47 Å². The van der Waals surface area contributed by atoms with Crippen LogP contribution in [0.25, 0.3) is 0 Å². The summed E-state index contributed by atoms with van der Waals surface area (Å²) in [4.78, 5) is 2.56. The zero-order valence-corrected chi connectivity index (χ0v) is 15.4.